The summed E-state index contributed by atoms with van der Waals surface area (Å²) in [6.07, 6.45) is 2.17. The molecule has 1 aliphatic rings. The Labute approximate surface area is 92.6 Å². The van der Waals surface area contributed by atoms with Gasteiger partial charge >= 0.3 is 0 Å². The van der Waals surface area contributed by atoms with Crippen LogP contribution in [0.1, 0.15) is 19.8 Å². The standard InChI is InChI=1S/C11H24N2O2/c1-3-15-9-11(14)8-13(2)7-10-5-4-6-12-10/h10-12,14H,3-9H2,1-2H3. The molecule has 2 N–H and O–H groups in total. The molecule has 2 atom stereocenters. The number of likely N-dealkylation sites (N-methyl/N-ethyl adjacent to an activating group) is 1. The van der Waals surface area contributed by atoms with E-state index in [4.69, 9.17) is 4.74 Å². The molecule has 1 heterocycles. The summed E-state index contributed by atoms with van der Waals surface area (Å²) in [4.78, 5) is 2.17. The van der Waals surface area contributed by atoms with Crippen molar-refractivity contribution in [1.82, 2.24) is 10.2 Å². The molecule has 0 saturated carbocycles. The van der Waals surface area contributed by atoms with Gasteiger partial charge in [0.05, 0.1) is 12.7 Å². The van der Waals surface area contributed by atoms with Crippen LogP contribution in [-0.4, -0.2) is 62.0 Å². The van der Waals surface area contributed by atoms with E-state index in [2.05, 4.69) is 17.3 Å². The molecule has 0 aliphatic carbocycles. The van der Waals surface area contributed by atoms with E-state index < -0.39 is 0 Å². The molecule has 4 nitrogen and oxygen atoms in total. The summed E-state index contributed by atoms with van der Waals surface area (Å²) >= 11 is 0. The molecule has 1 saturated heterocycles. The van der Waals surface area contributed by atoms with Gasteiger partial charge in [-0.25, -0.2) is 0 Å². The van der Waals surface area contributed by atoms with Gasteiger partial charge in [0.1, 0.15) is 0 Å². The number of aliphatic hydroxyl groups is 1. The van der Waals surface area contributed by atoms with Crippen LogP contribution in [0.25, 0.3) is 0 Å². The Bertz CT molecular complexity index is 161. The van der Waals surface area contributed by atoms with Crippen LogP contribution in [0.3, 0.4) is 0 Å². The summed E-state index contributed by atoms with van der Waals surface area (Å²) in [5.41, 5.74) is 0. The zero-order valence-corrected chi connectivity index (χ0v) is 9.91. The normalized spacial score (nSPS) is 23.6. The van der Waals surface area contributed by atoms with Crippen LogP contribution < -0.4 is 5.32 Å². The number of aliphatic hydroxyl groups excluding tert-OH is 1. The minimum atomic E-state index is -0.364. The van der Waals surface area contributed by atoms with Gasteiger partial charge in [0.15, 0.2) is 0 Å². The summed E-state index contributed by atoms with van der Waals surface area (Å²) in [5, 5.41) is 13.1. The maximum absolute atomic E-state index is 9.64. The number of nitrogens with one attached hydrogen (secondary N) is 1. The average molecular weight is 216 g/mol. The number of rotatable bonds is 7. The Balaban J connectivity index is 2.08. The Morgan fingerprint density at radius 1 is 1.60 bits per heavy atom. The van der Waals surface area contributed by atoms with Gasteiger partial charge in [0, 0.05) is 25.7 Å². The summed E-state index contributed by atoms with van der Waals surface area (Å²) in [6, 6.07) is 0.606. The lowest BCUT2D eigenvalue weighted by atomic mass is 10.2. The SMILES string of the molecule is CCOCC(O)CN(C)CC1CCCN1. The second-order valence-corrected chi connectivity index (χ2v) is 4.33. The second-order valence-electron chi connectivity index (χ2n) is 4.33. The van der Waals surface area contributed by atoms with Crippen molar-refractivity contribution in [2.45, 2.75) is 31.9 Å². The molecule has 90 valence electrons. The molecule has 0 aromatic rings. The molecule has 0 aromatic carbocycles. The van der Waals surface area contributed by atoms with Gasteiger partial charge in [0.2, 0.25) is 0 Å². The monoisotopic (exact) mass is 216 g/mol. The zero-order valence-electron chi connectivity index (χ0n) is 9.91. The number of nitrogens with zero attached hydrogens (tertiary/aromatic N) is 1. The molecule has 0 spiro atoms. The highest BCUT2D eigenvalue weighted by molar-refractivity contribution is 4.77. The van der Waals surface area contributed by atoms with Gasteiger partial charge < -0.3 is 20.1 Å². The molecule has 1 aliphatic heterocycles. The molecule has 2 unspecified atom stereocenters. The second kappa shape index (κ2) is 7.17. The van der Waals surface area contributed by atoms with Crippen molar-refractivity contribution in [3.63, 3.8) is 0 Å². The Morgan fingerprint density at radius 3 is 3.00 bits per heavy atom. The lowest BCUT2D eigenvalue weighted by molar-refractivity contribution is 0.0245. The van der Waals surface area contributed by atoms with Crippen molar-refractivity contribution in [3.05, 3.63) is 0 Å². The van der Waals surface area contributed by atoms with E-state index in [1.807, 2.05) is 6.92 Å². The van der Waals surface area contributed by atoms with Crippen molar-refractivity contribution in [3.8, 4) is 0 Å². The van der Waals surface area contributed by atoms with Crippen molar-refractivity contribution >= 4 is 0 Å². The average Bonchev–Trinajstić information content (AvgIpc) is 2.67. The van der Waals surface area contributed by atoms with Crippen molar-refractivity contribution in [2.75, 3.05) is 39.9 Å². The van der Waals surface area contributed by atoms with Gasteiger partial charge in [-0.1, -0.05) is 0 Å². The third-order valence-corrected chi connectivity index (χ3v) is 2.73. The van der Waals surface area contributed by atoms with Gasteiger partial charge in [-0.05, 0) is 33.4 Å². The van der Waals surface area contributed by atoms with E-state index in [1.165, 1.54) is 12.8 Å². The highest BCUT2D eigenvalue weighted by Crippen LogP contribution is 2.06. The first-order valence-electron chi connectivity index (χ1n) is 5.90. The quantitative estimate of drug-likeness (QED) is 0.632. The topological polar surface area (TPSA) is 44.7 Å². The molecular formula is C11H24N2O2. The van der Waals surface area contributed by atoms with E-state index in [0.29, 0.717) is 25.8 Å². The third kappa shape index (κ3) is 5.47. The smallest absolute Gasteiger partial charge is 0.0900 e. The van der Waals surface area contributed by atoms with Crippen molar-refractivity contribution in [1.29, 1.82) is 0 Å². The molecule has 4 heteroatoms. The number of hydrogen-bond acceptors (Lipinski definition) is 4. The maximum Gasteiger partial charge on any atom is 0.0900 e. The van der Waals surface area contributed by atoms with Crippen LogP contribution >= 0.6 is 0 Å². The molecule has 0 amide bonds. The summed E-state index contributed by atoms with van der Waals surface area (Å²) in [5.74, 6) is 0. The lowest BCUT2D eigenvalue weighted by Gasteiger charge is -2.23. The summed E-state index contributed by atoms with van der Waals surface area (Å²) in [7, 11) is 2.05. The van der Waals surface area contributed by atoms with Crippen LogP contribution in [0.5, 0.6) is 0 Å². The van der Waals surface area contributed by atoms with Crippen LogP contribution in [0.15, 0.2) is 0 Å². The van der Waals surface area contributed by atoms with Gasteiger partial charge in [-0.2, -0.15) is 0 Å². The van der Waals surface area contributed by atoms with Gasteiger partial charge in [-0.15, -0.1) is 0 Å². The molecule has 1 rings (SSSR count). The summed E-state index contributed by atoms with van der Waals surface area (Å²) in [6.45, 7) is 5.91. The lowest BCUT2D eigenvalue weighted by Crippen LogP contribution is -2.40. The fraction of sp³-hybridized carbons (Fsp3) is 1.00. The fourth-order valence-electron chi connectivity index (χ4n) is 2.03. The van der Waals surface area contributed by atoms with E-state index in [-0.39, 0.29) is 6.10 Å². The highest BCUT2D eigenvalue weighted by Gasteiger charge is 2.17. The third-order valence-electron chi connectivity index (χ3n) is 2.73. The van der Waals surface area contributed by atoms with E-state index >= 15 is 0 Å². The van der Waals surface area contributed by atoms with Crippen LogP contribution in [0.4, 0.5) is 0 Å². The molecule has 15 heavy (non-hydrogen) atoms. The molecule has 0 bridgehead atoms. The molecule has 0 radical (unpaired) electrons. The predicted molar refractivity (Wildman–Crippen MR) is 61.0 cm³/mol. The van der Waals surface area contributed by atoms with Gasteiger partial charge in [-0.3, -0.25) is 0 Å². The highest BCUT2D eigenvalue weighted by atomic mass is 16.5. The first kappa shape index (κ1) is 12.9. The minimum Gasteiger partial charge on any atom is -0.389 e. The van der Waals surface area contributed by atoms with Crippen molar-refractivity contribution in [2.24, 2.45) is 0 Å². The van der Waals surface area contributed by atoms with E-state index in [1.54, 1.807) is 0 Å². The fourth-order valence-corrected chi connectivity index (χ4v) is 2.03. The van der Waals surface area contributed by atoms with E-state index in [0.717, 1.165) is 13.1 Å². The zero-order chi connectivity index (χ0) is 11.1. The molecule has 1 fully saturated rings. The first-order valence-corrected chi connectivity index (χ1v) is 5.90. The van der Waals surface area contributed by atoms with Crippen LogP contribution in [-0.2, 0) is 4.74 Å². The Morgan fingerprint density at radius 2 is 2.40 bits per heavy atom. The molecule has 0 aromatic heterocycles. The Kier molecular flexibility index (Phi) is 6.17. The largest absolute Gasteiger partial charge is 0.389 e. The first-order chi connectivity index (χ1) is 7.22. The van der Waals surface area contributed by atoms with Gasteiger partial charge in [0.25, 0.3) is 0 Å². The predicted octanol–water partition coefficient (Wildman–Crippen LogP) is 0.0676. The van der Waals surface area contributed by atoms with Crippen LogP contribution in [0.2, 0.25) is 0 Å². The number of ether oxygens (including phenoxy) is 1. The van der Waals surface area contributed by atoms with E-state index in [9.17, 15) is 5.11 Å². The number of hydrogen-bond donors (Lipinski definition) is 2. The Hall–Kier alpha value is -0.160. The van der Waals surface area contributed by atoms with Crippen LogP contribution in [0, 0.1) is 0 Å². The van der Waals surface area contributed by atoms with Crippen molar-refractivity contribution < 1.29 is 9.84 Å². The maximum atomic E-state index is 9.64. The molecular weight excluding hydrogens is 192 g/mol. The summed E-state index contributed by atoms with van der Waals surface area (Å²) < 4.78 is 5.17. The minimum absolute atomic E-state index is 0.364.